The zero-order chi connectivity index (χ0) is 22.3. The van der Waals surface area contributed by atoms with Crippen molar-refractivity contribution < 1.29 is 14.3 Å². The summed E-state index contributed by atoms with van der Waals surface area (Å²) in [5.74, 6) is -0.236. The number of carbonyl (C=O) groups is 1. The van der Waals surface area contributed by atoms with Crippen LogP contribution < -0.4 is 15.5 Å². The van der Waals surface area contributed by atoms with Gasteiger partial charge in [0.2, 0.25) is 5.13 Å². The molecule has 1 aliphatic heterocycles. The number of amides is 1. The predicted octanol–water partition coefficient (Wildman–Crippen LogP) is 3.65. The zero-order valence-corrected chi connectivity index (χ0v) is 18.2. The van der Waals surface area contributed by atoms with Gasteiger partial charge in [0.15, 0.2) is 0 Å². The minimum atomic E-state index is -0.691. The van der Waals surface area contributed by atoms with Crippen molar-refractivity contribution in [2.24, 2.45) is 5.10 Å². The Morgan fingerprint density at radius 1 is 1.16 bits per heavy atom. The van der Waals surface area contributed by atoms with Gasteiger partial charge in [-0.25, -0.2) is 9.78 Å². The molecule has 3 heterocycles. The highest BCUT2D eigenvalue weighted by Gasteiger charge is 2.31. The van der Waals surface area contributed by atoms with E-state index in [-0.39, 0.29) is 22.9 Å². The van der Waals surface area contributed by atoms with Gasteiger partial charge >= 0.3 is 5.63 Å². The normalized spacial score (nSPS) is 15.0. The number of hydrogen-bond acceptors (Lipinski definition) is 8. The van der Waals surface area contributed by atoms with Crippen LogP contribution >= 0.6 is 11.3 Å². The van der Waals surface area contributed by atoms with Crippen molar-refractivity contribution >= 4 is 39.9 Å². The van der Waals surface area contributed by atoms with Crippen molar-refractivity contribution in [3.63, 3.8) is 0 Å². The fraction of sp³-hybridized carbons (Fsp3) is 0.182. The van der Waals surface area contributed by atoms with Crippen molar-refractivity contribution in [1.82, 2.24) is 4.98 Å². The van der Waals surface area contributed by atoms with Crippen LogP contribution in [0.4, 0.5) is 10.8 Å². The molecule has 0 fully saturated rings. The average molecular weight is 436 g/mol. The third-order valence-electron chi connectivity index (χ3n) is 4.77. The Balaban J connectivity index is 1.63. The lowest BCUT2D eigenvalue weighted by molar-refractivity contribution is -0.114. The Bertz CT molecular complexity index is 1290. The molecule has 0 saturated carbocycles. The molecule has 31 heavy (non-hydrogen) atoms. The van der Waals surface area contributed by atoms with E-state index in [1.165, 1.54) is 11.1 Å². The number of benzene rings is 1. The maximum Gasteiger partial charge on any atom is 0.349 e. The summed E-state index contributed by atoms with van der Waals surface area (Å²) in [6, 6.07) is 9.17. The summed E-state index contributed by atoms with van der Waals surface area (Å²) in [6.07, 6.45) is 1.79. The first-order chi connectivity index (χ1) is 14.7. The number of nitrogens with zero attached hydrogens (tertiary/aromatic N) is 4. The molecule has 9 heteroatoms. The zero-order valence-electron chi connectivity index (χ0n) is 17.4. The molecule has 2 aromatic heterocycles. The topological polar surface area (TPSA) is 99.2 Å². The van der Waals surface area contributed by atoms with Crippen LogP contribution in [0, 0.1) is 6.92 Å². The molecule has 0 unspecified atom stereocenters. The Hall–Kier alpha value is -3.72. The fourth-order valence-electron chi connectivity index (χ4n) is 3.16. The maximum absolute atomic E-state index is 13.0. The van der Waals surface area contributed by atoms with Crippen LogP contribution in [0.2, 0.25) is 0 Å². The smallest absolute Gasteiger partial charge is 0.349 e. The first-order valence-corrected chi connectivity index (χ1v) is 10.3. The number of aromatic nitrogens is 1. The van der Waals surface area contributed by atoms with Gasteiger partial charge in [-0.3, -0.25) is 4.79 Å². The van der Waals surface area contributed by atoms with Gasteiger partial charge in [0, 0.05) is 31.2 Å². The highest BCUT2D eigenvalue weighted by molar-refractivity contribution is 7.14. The lowest BCUT2D eigenvalue weighted by atomic mass is 10.1. The molecular weight excluding hydrogens is 416 g/mol. The van der Waals surface area contributed by atoms with E-state index in [2.05, 4.69) is 10.1 Å². The number of thiazole rings is 1. The Kier molecular flexibility index (Phi) is 5.20. The van der Waals surface area contributed by atoms with Gasteiger partial charge in [0.25, 0.3) is 5.91 Å². The van der Waals surface area contributed by atoms with Gasteiger partial charge < -0.3 is 14.4 Å². The van der Waals surface area contributed by atoms with E-state index in [0.717, 1.165) is 22.6 Å². The molecule has 0 spiro atoms. The summed E-state index contributed by atoms with van der Waals surface area (Å²) < 4.78 is 5.05. The Labute approximate surface area is 182 Å². The third-order valence-corrected chi connectivity index (χ3v) is 5.58. The summed E-state index contributed by atoms with van der Waals surface area (Å²) >= 11 is 1.15. The van der Waals surface area contributed by atoms with E-state index < -0.39 is 5.63 Å². The van der Waals surface area contributed by atoms with Crippen LogP contribution in [0.5, 0.6) is 5.75 Å². The molecule has 1 aromatic carbocycles. The summed E-state index contributed by atoms with van der Waals surface area (Å²) in [4.78, 5) is 31.5. The standard InChI is InChI=1S/C22H20N4O4S/c1-12-9-18(27)19(21(29)30-12)17-11-31-22(23-17)26-20(28)16(13(2)24-26)10-14-5-7-15(8-6-14)25(3)4/h5-11,27H,1-4H3/b16-10-. The second-order valence-corrected chi connectivity index (χ2v) is 8.10. The lowest BCUT2D eigenvalue weighted by Crippen LogP contribution is -2.21. The molecular formula is C22H20N4O4S. The van der Waals surface area contributed by atoms with Crippen LogP contribution in [0.3, 0.4) is 0 Å². The monoisotopic (exact) mass is 436 g/mol. The molecule has 8 nitrogen and oxygen atoms in total. The van der Waals surface area contributed by atoms with Gasteiger partial charge in [0.05, 0.1) is 17.0 Å². The summed E-state index contributed by atoms with van der Waals surface area (Å²) in [7, 11) is 3.93. The van der Waals surface area contributed by atoms with Crippen molar-refractivity contribution in [2.45, 2.75) is 13.8 Å². The highest BCUT2D eigenvalue weighted by atomic mass is 32.1. The first kappa shape index (κ1) is 20.5. The van der Waals surface area contributed by atoms with Crippen molar-refractivity contribution in [3.05, 3.63) is 63.0 Å². The molecule has 0 atom stereocenters. The minimum absolute atomic E-state index is 0.0443. The van der Waals surface area contributed by atoms with E-state index in [1.54, 1.807) is 25.3 Å². The van der Waals surface area contributed by atoms with Crippen molar-refractivity contribution in [3.8, 4) is 17.0 Å². The second-order valence-electron chi connectivity index (χ2n) is 7.27. The number of rotatable bonds is 4. The SMILES string of the molecule is CC1=NN(c2nc(-c3c(O)cc(C)oc3=O)cs2)C(=O)/C1=C\c1ccc(N(C)C)cc1. The van der Waals surface area contributed by atoms with Crippen molar-refractivity contribution in [2.75, 3.05) is 24.0 Å². The lowest BCUT2D eigenvalue weighted by Gasteiger charge is -2.12. The van der Waals surface area contributed by atoms with Crippen LogP contribution in [-0.4, -0.2) is 35.8 Å². The minimum Gasteiger partial charge on any atom is -0.507 e. The Morgan fingerprint density at radius 2 is 1.87 bits per heavy atom. The molecule has 0 aliphatic carbocycles. The van der Waals surface area contributed by atoms with E-state index in [0.29, 0.717) is 22.2 Å². The number of anilines is 2. The fourth-order valence-corrected chi connectivity index (χ4v) is 3.92. The first-order valence-electron chi connectivity index (χ1n) is 9.43. The third kappa shape index (κ3) is 3.87. The molecule has 4 rings (SSSR count). The van der Waals surface area contributed by atoms with E-state index in [4.69, 9.17) is 4.42 Å². The van der Waals surface area contributed by atoms with Gasteiger partial charge in [-0.05, 0) is 37.6 Å². The Morgan fingerprint density at radius 3 is 2.52 bits per heavy atom. The predicted molar refractivity (Wildman–Crippen MR) is 122 cm³/mol. The second kappa shape index (κ2) is 7.84. The van der Waals surface area contributed by atoms with Crippen molar-refractivity contribution in [1.29, 1.82) is 0 Å². The van der Waals surface area contributed by atoms with Gasteiger partial charge in [-0.1, -0.05) is 12.1 Å². The van der Waals surface area contributed by atoms with Crippen LogP contribution in [-0.2, 0) is 4.79 Å². The van der Waals surface area contributed by atoms with E-state index >= 15 is 0 Å². The van der Waals surface area contributed by atoms with Gasteiger partial charge in [-0.15, -0.1) is 11.3 Å². The molecule has 3 aromatic rings. The summed E-state index contributed by atoms with van der Waals surface area (Å²) in [6.45, 7) is 3.33. The van der Waals surface area contributed by atoms with E-state index in [9.17, 15) is 14.7 Å². The largest absolute Gasteiger partial charge is 0.507 e. The van der Waals surface area contributed by atoms with Crippen LogP contribution in [0.1, 0.15) is 18.2 Å². The number of carbonyl (C=O) groups excluding carboxylic acids is 1. The molecule has 0 bridgehead atoms. The van der Waals surface area contributed by atoms with Crippen LogP contribution in [0.25, 0.3) is 17.3 Å². The van der Waals surface area contributed by atoms with Crippen LogP contribution in [0.15, 0.2) is 55.6 Å². The summed E-state index contributed by atoms with van der Waals surface area (Å²) in [5, 5.41) is 17.6. The van der Waals surface area contributed by atoms with E-state index in [1.807, 2.05) is 43.3 Å². The summed E-state index contributed by atoms with van der Waals surface area (Å²) in [5.41, 5.74) is 2.46. The average Bonchev–Trinajstić information content (AvgIpc) is 3.28. The number of hydrazone groups is 1. The molecule has 158 valence electrons. The molecule has 1 amide bonds. The highest BCUT2D eigenvalue weighted by Crippen LogP contribution is 2.33. The van der Waals surface area contributed by atoms with Gasteiger partial charge in [0.1, 0.15) is 17.1 Å². The number of aromatic hydroxyl groups is 1. The molecule has 1 N–H and O–H groups in total. The molecule has 1 aliphatic rings. The quantitative estimate of drug-likeness (QED) is 0.627. The maximum atomic E-state index is 13.0. The molecule has 0 radical (unpaired) electrons. The van der Waals surface area contributed by atoms with Gasteiger partial charge in [-0.2, -0.15) is 10.1 Å². The number of hydrogen-bond donors (Lipinski definition) is 1. The molecule has 0 saturated heterocycles. The number of aryl methyl sites for hydroxylation is 1.